The summed E-state index contributed by atoms with van der Waals surface area (Å²) < 4.78 is 5.69. The van der Waals surface area contributed by atoms with Crippen molar-refractivity contribution in [2.45, 2.75) is 13.0 Å². The summed E-state index contributed by atoms with van der Waals surface area (Å²) in [4.78, 5) is 6.83. The van der Waals surface area contributed by atoms with Crippen LogP contribution in [0.3, 0.4) is 0 Å². The molecule has 0 amide bonds. The van der Waals surface area contributed by atoms with Gasteiger partial charge in [-0.25, -0.2) is 0 Å². The monoisotopic (exact) mass is 243 g/mol. The van der Waals surface area contributed by atoms with Crippen molar-refractivity contribution in [2.24, 2.45) is 10.9 Å². The van der Waals surface area contributed by atoms with Crippen molar-refractivity contribution < 1.29 is 4.74 Å². The second-order valence-electron chi connectivity index (χ2n) is 4.70. The SMILES string of the molecule is CC1CN=C(NCC2CN(C)CCO2)SC1. The van der Waals surface area contributed by atoms with Crippen LogP contribution in [-0.2, 0) is 4.74 Å². The molecule has 2 aliphatic rings. The molecule has 0 saturated carbocycles. The Hall–Kier alpha value is -0.260. The minimum absolute atomic E-state index is 0.307. The molecule has 2 atom stereocenters. The minimum atomic E-state index is 0.307. The van der Waals surface area contributed by atoms with Gasteiger partial charge in [-0.2, -0.15) is 0 Å². The molecule has 0 aromatic heterocycles. The smallest absolute Gasteiger partial charge is 0.156 e. The fourth-order valence-electron chi connectivity index (χ4n) is 1.86. The molecule has 1 fully saturated rings. The minimum Gasteiger partial charge on any atom is -0.374 e. The van der Waals surface area contributed by atoms with E-state index in [9.17, 15) is 0 Å². The van der Waals surface area contributed by atoms with Crippen LogP contribution >= 0.6 is 11.8 Å². The van der Waals surface area contributed by atoms with Crippen LogP contribution in [0.25, 0.3) is 0 Å². The molecular formula is C11H21N3OS. The zero-order valence-corrected chi connectivity index (χ0v) is 10.9. The van der Waals surface area contributed by atoms with Gasteiger partial charge in [-0.3, -0.25) is 4.99 Å². The summed E-state index contributed by atoms with van der Waals surface area (Å²) in [6.07, 6.45) is 0.307. The molecule has 0 aliphatic carbocycles. The van der Waals surface area contributed by atoms with Crippen molar-refractivity contribution in [1.29, 1.82) is 0 Å². The number of ether oxygens (including phenoxy) is 1. The van der Waals surface area contributed by atoms with Gasteiger partial charge in [0.25, 0.3) is 0 Å². The van der Waals surface area contributed by atoms with Crippen molar-refractivity contribution in [1.82, 2.24) is 10.2 Å². The van der Waals surface area contributed by atoms with Gasteiger partial charge in [-0.05, 0) is 13.0 Å². The number of morpholine rings is 1. The van der Waals surface area contributed by atoms with Crippen molar-refractivity contribution in [3.05, 3.63) is 0 Å². The predicted molar refractivity (Wildman–Crippen MR) is 69.2 cm³/mol. The molecule has 2 unspecified atom stereocenters. The molecule has 16 heavy (non-hydrogen) atoms. The van der Waals surface area contributed by atoms with Gasteiger partial charge < -0.3 is 15.0 Å². The zero-order chi connectivity index (χ0) is 11.4. The molecule has 92 valence electrons. The topological polar surface area (TPSA) is 36.9 Å². The molecule has 1 N–H and O–H groups in total. The zero-order valence-electron chi connectivity index (χ0n) is 10.1. The van der Waals surface area contributed by atoms with Crippen LogP contribution < -0.4 is 5.32 Å². The number of hydrogen-bond acceptors (Lipinski definition) is 5. The Labute approximate surface area is 102 Å². The molecule has 2 heterocycles. The Kier molecular flexibility index (Phi) is 4.49. The maximum absolute atomic E-state index is 5.69. The fraction of sp³-hybridized carbons (Fsp3) is 0.909. The molecule has 0 aromatic rings. The molecule has 5 heteroatoms. The Bertz CT molecular complexity index is 260. The van der Waals surface area contributed by atoms with E-state index >= 15 is 0 Å². The first-order valence-electron chi connectivity index (χ1n) is 5.95. The number of amidine groups is 1. The lowest BCUT2D eigenvalue weighted by Gasteiger charge is -2.30. The summed E-state index contributed by atoms with van der Waals surface area (Å²) in [7, 11) is 2.14. The highest BCUT2D eigenvalue weighted by Crippen LogP contribution is 2.15. The molecule has 0 aromatic carbocycles. The Morgan fingerprint density at radius 3 is 3.19 bits per heavy atom. The molecular weight excluding hydrogens is 222 g/mol. The van der Waals surface area contributed by atoms with E-state index in [-0.39, 0.29) is 0 Å². The van der Waals surface area contributed by atoms with Crippen molar-refractivity contribution in [3.63, 3.8) is 0 Å². The lowest BCUT2D eigenvalue weighted by molar-refractivity contribution is -0.0159. The first-order chi connectivity index (χ1) is 7.74. The Morgan fingerprint density at radius 2 is 2.50 bits per heavy atom. The van der Waals surface area contributed by atoms with E-state index in [1.165, 1.54) is 5.75 Å². The summed E-state index contributed by atoms with van der Waals surface area (Å²) in [5, 5.41) is 4.49. The fourth-order valence-corrected chi connectivity index (χ4v) is 2.76. The highest BCUT2D eigenvalue weighted by Gasteiger charge is 2.19. The largest absolute Gasteiger partial charge is 0.374 e. The van der Waals surface area contributed by atoms with Crippen molar-refractivity contribution in [3.8, 4) is 0 Å². The molecule has 2 rings (SSSR count). The third-order valence-electron chi connectivity index (χ3n) is 2.87. The highest BCUT2D eigenvalue weighted by molar-refractivity contribution is 8.13. The summed E-state index contributed by atoms with van der Waals surface area (Å²) >= 11 is 1.83. The van der Waals surface area contributed by atoms with E-state index < -0.39 is 0 Å². The lowest BCUT2D eigenvalue weighted by Crippen LogP contribution is -2.45. The van der Waals surface area contributed by atoms with Gasteiger partial charge in [0.2, 0.25) is 0 Å². The van der Waals surface area contributed by atoms with Gasteiger partial charge in [0, 0.05) is 31.9 Å². The quantitative estimate of drug-likeness (QED) is 0.772. The van der Waals surface area contributed by atoms with Crippen LogP contribution in [0, 0.1) is 5.92 Å². The van der Waals surface area contributed by atoms with Gasteiger partial charge >= 0.3 is 0 Å². The summed E-state index contributed by atoms with van der Waals surface area (Å²) in [5.41, 5.74) is 0. The van der Waals surface area contributed by atoms with E-state index in [0.717, 1.165) is 38.0 Å². The normalized spacial score (nSPS) is 32.2. The van der Waals surface area contributed by atoms with Crippen LogP contribution in [-0.4, -0.2) is 61.8 Å². The average molecular weight is 243 g/mol. The third kappa shape index (κ3) is 3.64. The second kappa shape index (κ2) is 5.89. The standard InChI is InChI=1S/C11H21N3OS/c1-9-5-12-11(16-8-9)13-6-10-7-14(2)3-4-15-10/h9-10H,3-8H2,1-2H3,(H,12,13). The average Bonchev–Trinajstić information content (AvgIpc) is 2.28. The van der Waals surface area contributed by atoms with Gasteiger partial charge in [-0.1, -0.05) is 18.7 Å². The van der Waals surface area contributed by atoms with E-state index in [0.29, 0.717) is 12.0 Å². The maximum atomic E-state index is 5.69. The summed E-state index contributed by atoms with van der Waals surface area (Å²) in [5.74, 6) is 1.89. The second-order valence-corrected chi connectivity index (χ2v) is 5.71. The molecule has 0 bridgehead atoms. The molecule has 1 saturated heterocycles. The highest BCUT2D eigenvalue weighted by atomic mass is 32.2. The number of aliphatic imine (C=N–C) groups is 1. The lowest BCUT2D eigenvalue weighted by atomic mass is 10.2. The van der Waals surface area contributed by atoms with Crippen molar-refractivity contribution >= 4 is 16.9 Å². The van der Waals surface area contributed by atoms with Gasteiger partial charge in [0.1, 0.15) is 0 Å². The summed E-state index contributed by atoms with van der Waals surface area (Å²) in [6, 6.07) is 0. The maximum Gasteiger partial charge on any atom is 0.156 e. The van der Waals surface area contributed by atoms with E-state index in [1.54, 1.807) is 0 Å². The Morgan fingerprint density at radius 1 is 1.62 bits per heavy atom. The number of nitrogens with zero attached hydrogens (tertiary/aromatic N) is 2. The van der Waals surface area contributed by atoms with Crippen LogP contribution in [0.5, 0.6) is 0 Å². The van der Waals surface area contributed by atoms with Crippen LogP contribution in [0.1, 0.15) is 6.92 Å². The number of hydrogen-bond donors (Lipinski definition) is 1. The van der Waals surface area contributed by atoms with Gasteiger partial charge in [-0.15, -0.1) is 0 Å². The molecule has 4 nitrogen and oxygen atoms in total. The predicted octanol–water partition coefficient (Wildman–Crippen LogP) is 0.646. The van der Waals surface area contributed by atoms with Crippen LogP contribution in [0.2, 0.25) is 0 Å². The van der Waals surface area contributed by atoms with Gasteiger partial charge in [0.15, 0.2) is 5.17 Å². The molecule has 2 aliphatic heterocycles. The number of likely N-dealkylation sites (N-methyl/N-ethyl adjacent to an activating group) is 1. The van der Waals surface area contributed by atoms with E-state index in [4.69, 9.17) is 4.74 Å². The molecule has 0 radical (unpaired) electrons. The first-order valence-corrected chi connectivity index (χ1v) is 6.94. The van der Waals surface area contributed by atoms with Gasteiger partial charge in [0.05, 0.1) is 12.7 Å². The molecule has 0 spiro atoms. The van der Waals surface area contributed by atoms with E-state index in [2.05, 4.69) is 29.2 Å². The Balaban J connectivity index is 1.70. The third-order valence-corrected chi connectivity index (χ3v) is 4.16. The first kappa shape index (κ1) is 12.2. The van der Waals surface area contributed by atoms with Crippen molar-refractivity contribution in [2.75, 3.05) is 45.6 Å². The van der Waals surface area contributed by atoms with Crippen LogP contribution in [0.15, 0.2) is 4.99 Å². The number of rotatable bonds is 2. The number of nitrogens with one attached hydrogen (secondary N) is 1. The van der Waals surface area contributed by atoms with E-state index in [1.807, 2.05) is 11.8 Å². The number of thioether (sulfide) groups is 1. The van der Waals surface area contributed by atoms with Crippen LogP contribution in [0.4, 0.5) is 0 Å². The summed E-state index contributed by atoms with van der Waals surface area (Å²) in [6.45, 7) is 6.99.